The Morgan fingerprint density at radius 1 is 1.33 bits per heavy atom. The summed E-state index contributed by atoms with van der Waals surface area (Å²) >= 11 is 0. The molecule has 27 heavy (non-hydrogen) atoms. The summed E-state index contributed by atoms with van der Waals surface area (Å²) in [6, 6.07) is 0.251. The van der Waals surface area contributed by atoms with Gasteiger partial charge in [-0.1, -0.05) is 0 Å². The molecule has 4 unspecified atom stereocenters. The Morgan fingerprint density at radius 2 is 2.19 bits per heavy atom. The van der Waals surface area contributed by atoms with Gasteiger partial charge in [0.1, 0.15) is 0 Å². The van der Waals surface area contributed by atoms with Crippen molar-refractivity contribution in [3.05, 3.63) is 17.5 Å². The van der Waals surface area contributed by atoms with Crippen LogP contribution in [0.1, 0.15) is 48.2 Å². The number of amides is 1. The largest absolute Gasteiger partial charge is 0.353 e. The first-order chi connectivity index (χ1) is 12.6. The van der Waals surface area contributed by atoms with Gasteiger partial charge in [-0.15, -0.1) is 12.4 Å². The van der Waals surface area contributed by atoms with Gasteiger partial charge in [-0.3, -0.25) is 9.48 Å². The quantitative estimate of drug-likeness (QED) is 0.819. The van der Waals surface area contributed by atoms with Crippen molar-refractivity contribution in [1.29, 1.82) is 0 Å². The van der Waals surface area contributed by atoms with Gasteiger partial charge in [0.15, 0.2) is 6.29 Å². The number of carbonyl (C=O) groups is 1. The fraction of sp³-hybridized carbons (Fsp3) is 0.789. The van der Waals surface area contributed by atoms with Gasteiger partial charge >= 0.3 is 0 Å². The predicted molar refractivity (Wildman–Crippen MR) is 104 cm³/mol. The van der Waals surface area contributed by atoms with Crippen molar-refractivity contribution in [2.24, 2.45) is 17.6 Å². The molecule has 0 bridgehead atoms. The second-order valence-corrected chi connectivity index (χ2v) is 7.91. The molecule has 1 amide bonds. The summed E-state index contributed by atoms with van der Waals surface area (Å²) in [6.45, 7) is 5.55. The average Bonchev–Trinajstić information content (AvgIpc) is 3.33. The van der Waals surface area contributed by atoms with Crippen LogP contribution in [0.5, 0.6) is 0 Å². The van der Waals surface area contributed by atoms with E-state index in [0.29, 0.717) is 30.6 Å². The van der Waals surface area contributed by atoms with E-state index in [0.717, 1.165) is 57.5 Å². The summed E-state index contributed by atoms with van der Waals surface area (Å²) in [7, 11) is 0. The molecule has 3 fully saturated rings. The Balaban J connectivity index is 0.00000210. The zero-order valence-corrected chi connectivity index (χ0v) is 16.8. The van der Waals surface area contributed by atoms with Crippen molar-refractivity contribution in [3.63, 3.8) is 0 Å². The molecule has 1 aromatic rings. The molecule has 7 nitrogen and oxygen atoms in total. The van der Waals surface area contributed by atoms with Crippen LogP contribution < -0.4 is 5.73 Å². The number of rotatable bonds is 5. The molecule has 2 saturated heterocycles. The van der Waals surface area contributed by atoms with Crippen LogP contribution >= 0.6 is 12.4 Å². The number of hydrogen-bond donors (Lipinski definition) is 1. The Morgan fingerprint density at radius 3 is 2.93 bits per heavy atom. The van der Waals surface area contributed by atoms with E-state index >= 15 is 0 Å². The summed E-state index contributed by atoms with van der Waals surface area (Å²) in [6.07, 6.45) is 7.09. The third-order valence-electron chi connectivity index (χ3n) is 6.28. The van der Waals surface area contributed by atoms with Gasteiger partial charge in [0.05, 0.1) is 24.9 Å². The molecule has 1 aliphatic carbocycles. The maximum absolute atomic E-state index is 12.9. The highest BCUT2D eigenvalue weighted by molar-refractivity contribution is 5.95. The first kappa shape index (κ1) is 20.6. The molecule has 1 saturated carbocycles. The molecular formula is C19H31ClN4O3. The molecule has 0 aromatic carbocycles. The van der Waals surface area contributed by atoms with Crippen LogP contribution in [0, 0.1) is 18.8 Å². The van der Waals surface area contributed by atoms with E-state index in [1.807, 2.05) is 16.5 Å². The van der Waals surface area contributed by atoms with E-state index < -0.39 is 0 Å². The second-order valence-electron chi connectivity index (χ2n) is 7.91. The molecule has 3 heterocycles. The summed E-state index contributed by atoms with van der Waals surface area (Å²) in [5.41, 5.74) is 7.80. The first-order valence-corrected chi connectivity index (χ1v) is 9.94. The van der Waals surface area contributed by atoms with E-state index in [1.165, 1.54) is 0 Å². The highest BCUT2D eigenvalue weighted by Crippen LogP contribution is 2.37. The molecule has 0 spiro atoms. The standard InChI is InChI=1S/C19H30N4O3.ClH/c1-13-15(19(24)22-11-14-5-6-17(20)16(14)12-22)10-21-23(13)7-9-26-18-4-2-3-8-25-18;/h10,14,16-18H,2-9,11-12,20H2,1H3;1H. The highest BCUT2D eigenvalue weighted by atomic mass is 35.5. The number of likely N-dealkylation sites (tertiary alicyclic amines) is 1. The van der Waals surface area contributed by atoms with Crippen LogP contribution in [-0.4, -0.2) is 59.2 Å². The Bertz CT molecular complexity index is 647. The fourth-order valence-corrected chi connectivity index (χ4v) is 4.64. The van der Waals surface area contributed by atoms with Crippen LogP contribution in [0.2, 0.25) is 0 Å². The average molecular weight is 399 g/mol. The van der Waals surface area contributed by atoms with Gasteiger partial charge in [-0.2, -0.15) is 5.10 Å². The highest BCUT2D eigenvalue weighted by Gasteiger charge is 2.43. The van der Waals surface area contributed by atoms with E-state index in [1.54, 1.807) is 6.20 Å². The van der Waals surface area contributed by atoms with Crippen LogP contribution in [0.4, 0.5) is 0 Å². The lowest BCUT2D eigenvalue weighted by atomic mass is 9.98. The maximum Gasteiger partial charge on any atom is 0.257 e. The molecule has 152 valence electrons. The third-order valence-corrected chi connectivity index (χ3v) is 6.28. The van der Waals surface area contributed by atoms with Gasteiger partial charge in [0.25, 0.3) is 5.91 Å². The van der Waals surface area contributed by atoms with Crippen molar-refractivity contribution >= 4 is 18.3 Å². The number of halogens is 1. The van der Waals surface area contributed by atoms with Crippen LogP contribution in [0.25, 0.3) is 0 Å². The van der Waals surface area contributed by atoms with Crippen molar-refractivity contribution in [1.82, 2.24) is 14.7 Å². The molecule has 2 N–H and O–H groups in total. The minimum absolute atomic E-state index is 0. The SMILES string of the molecule is Cc1c(C(=O)N2CC3CCC(N)C3C2)cnn1CCOC1CCCCO1.Cl. The third kappa shape index (κ3) is 4.31. The van der Waals surface area contributed by atoms with E-state index in [-0.39, 0.29) is 30.6 Å². The van der Waals surface area contributed by atoms with Crippen molar-refractivity contribution < 1.29 is 14.3 Å². The number of hydrogen-bond acceptors (Lipinski definition) is 5. The lowest BCUT2D eigenvalue weighted by Gasteiger charge is -2.22. The van der Waals surface area contributed by atoms with E-state index in [9.17, 15) is 4.79 Å². The first-order valence-electron chi connectivity index (χ1n) is 9.94. The molecule has 4 atom stereocenters. The monoisotopic (exact) mass is 398 g/mol. The van der Waals surface area contributed by atoms with Crippen molar-refractivity contribution in [3.8, 4) is 0 Å². The maximum atomic E-state index is 12.9. The second kappa shape index (κ2) is 8.90. The van der Waals surface area contributed by atoms with Crippen LogP contribution in [0.3, 0.4) is 0 Å². The Hall–Kier alpha value is -1.15. The Labute approximate surface area is 167 Å². The number of nitrogens with zero attached hydrogens (tertiary/aromatic N) is 3. The number of aromatic nitrogens is 2. The molecular weight excluding hydrogens is 368 g/mol. The normalized spacial score (nSPS) is 30.2. The fourth-order valence-electron chi connectivity index (χ4n) is 4.64. The minimum atomic E-state index is -0.0889. The van der Waals surface area contributed by atoms with Gasteiger partial charge in [0, 0.05) is 31.4 Å². The summed E-state index contributed by atoms with van der Waals surface area (Å²) in [5, 5.41) is 4.40. The van der Waals surface area contributed by atoms with Crippen LogP contribution in [-0.2, 0) is 16.0 Å². The predicted octanol–water partition coefficient (Wildman–Crippen LogP) is 1.97. The molecule has 4 rings (SSSR count). The van der Waals surface area contributed by atoms with Crippen LogP contribution in [0.15, 0.2) is 6.20 Å². The smallest absolute Gasteiger partial charge is 0.257 e. The minimum Gasteiger partial charge on any atom is -0.353 e. The number of carbonyl (C=O) groups excluding carboxylic acids is 1. The lowest BCUT2D eigenvalue weighted by Crippen LogP contribution is -2.33. The van der Waals surface area contributed by atoms with Crippen molar-refractivity contribution in [2.45, 2.75) is 57.9 Å². The van der Waals surface area contributed by atoms with Gasteiger partial charge in [-0.05, 0) is 50.9 Å². The Kier molecular flexibility index (Phi) is 6.78. The number of nitrogens with two attached hydrogens (primary N) is 1. The summed E-state index contributed by atoms with van der Waals surface area (Å²) in [4.78, 5) is 14.9. The van der Waals surface area contributed by atoms with Gasteiger partial charge in [-0.25, -0.2) is 0 Å². The van der Waals surface area contributed by atoms with Crippen molar-refractivity contribution in [2.75, 3.05) is 26.3 Å². The number of fused-ring (bicyclic) bond motifs is 1. The summed E-state index contributed by atoms with van der Waals surface area (Å²) < 4.78 is 13.2. The molecule has 0 radical (unpaired) electrons. The van der Waals surface area contributed by atoms with Gasteiger partial charge in [0.2, 0.25) is 0 Å². The summed E-state index contributed by atoms with van der Waals surface area (Å²) in [5.74, 6) is 1.14. The molecule has 2 aliphatic heterocycles. The molecule has 3 aliphatic rings. The number of ether oxygens (including phenoxy) is 2. The lowest BCUT2D eigenvalue weighted by molar-refractivity contribution is -0.163. The zero-order chi connectivity index (χ0) is 18.1. The van der Waals surface area contributed by atoms with E-state index in [2.05, 4.69) is 5.10 Å². The van der Waals surface area contributed by atoms with Gasteiger partial charge < -0.3 is 20.1 Å². The topological polar surface area (TPSA) is 82.6 Å². The zero-order valence-electron chi connectivity index (χ0n) is 16.0. The molecule has 1 aromatic heterocycles. The van der Waals surface area contributed by atoms with E-state index in [4.69, 9.17) is 15.2 Å². The molecule has 8 heteroatoms.